The van der Waals surface area contributed by atoms with Crippen LogP contribution in [0.15, 0.2) is 24.4 Å². The molecule has 0 aromatic carbocycles. The normalized spacial score (nSPS) is 28.6. The largest absolute Gasteiger partial charge is 0.369 e. The molecule has 0 spiro atoms. The lowest BCUT2D eigenvalue weighted by atomic mass is 9.58. The first-order valence-corrected chi connectivity index (χ1v) is 13.2. The van der Waals surface area contributed by atoms with Crippen molar-refractivity contribution in [3.8, 4) is 0 Å². The first kappa shape index (κ1) is 23.8. The van der Waals surface area contributed by atoms with Gasteiger partial charge in [-0.05, 0) is 67.9 Å². The molecular weight excluding hydrogens is 442 g/mol. The molecule has 188 valence electrons. The smallest absolute Gasteiger partial charge is 0.274 e. The van der Waals surface area contributed by atoms with Crippen LogP contribution >= 0.6 is 0 Å². The lowest BCUT2D eigenvalue weighted by Gasteiger charge is -2.48. The summed E-state index contributed by atoms with van der Waals surface area (Å²) in [6.45, 7) is 3.88. The summed E-state index contributed by atoms with van der Waals surface area (Å²) >= 11 is 0. The van der Waals surface area contributed by atoms with E-state index < -0.39 is 0 Å². The molecule has 4 unspecified atom stereocenters. The minimum atomic E-state index is -0.372. The quantitative estimate of drug-likeness (QED) is 0.662. The topological polar surface area (TPSA) is 110 Å². The second-order valence-electron chi connectivity index (χ2n) is 11.1. The van der Waals surface area contributed by atoms with E-state index in [1.54, 1.807) is 33.7 Å². The minimum Gasteiger partial charge on any atom is -0.369 e. The Morgan fingerprint density at radius 1 is 1.20 bits per heavy atom. The maximum absolute atomic E-state index is 13.3. The van der Waals surface area contributed by atoms with Gasteiger partial charge in [0.1, 0.15) is 17.0 Å². The van der Waals surface area contributed by atoms with Gasteiger partial charge in [0.15, 0.2) is 0 Å². The van der Waals surface area contributed by atoms with Crippen LogP contribution in [0.25, 0.3) is 5.65 Å². The zero-order valence-electron chi connectivity index (χ0n) is 20.7. The van der Waals surface area contributed by atoms with E-state index in [1.807, 2.05) is 0 Å². The van der Waals surface area contributed by atoms with Crippen molar-refractivity contribution in [2.75, 3.05) is 19.6 Å². The number of amides is 3. The summed E-state index contributed by atoms with van der Waals surface area (Å²) < 4.78 is 1.70. The highest BCUT2D eigenvalue weighted by Crippen LogP contribution is 2.51. The molecular formula is C27H37N5O3. The number of nitrogens with zero attached hydrogens (tertiary/aromatic N) is 3. The highest BCUT2D eigenvalue weighted by molar-refractivity contribution is 5.96. The van der Waals surface area contributed by atoms with Gasteiger partial charge >= 0.3 is 0 Å². The highest BCUT2D eigenvalue weighted by atomic mass is 16.2. The minimum absolute atomic E-state index is 0.131. The summed E-state index contributed by atoms with van der Waals surface area (Å²) in [4.78, 5) is 44.2. The molecule has 3 amide bonds. The Morgan fingerprint density at radius 3 is 2.86 bits per heavy atom. The van der Waals surface area contributed by atoms with Crippen LogP contribution < -0.4 is 11.1 Å². The zero-order chi connectivity index (χ0) is 24.6. The van der Waals surface area contributed by atoms with E-state index in [-0.39, 0.29) is 34.7 Å². The van der Waals surface area contributed by atoms with Crippen LogP contribution in [0.3, 0.4) is 0 Å². The molecule has 8 nitrogen and oxygen atoms in total. The predicted molar refractivity (Wildman–Crippen MR) is 133 cm³/mol. The van der Waals surface area contributed by atoms with Crippen molar-refractivity contribution in [2.24, 2.45) is 28.9 Å². The van der Waals surface area contributed by atoms with Gasteiger partial charge in [-0.15, -0.1) is 0 Å². The summed E-state index contributed by atoms with van der Waals surface area (Å²) in [5, 5.41) is 3.24. The van der Waals surface area contributed by atoms with Gasteiger partial charge in [0.2, 0.25) is 5.91 Å². The lowest BCUT2D eigenvalue weighted by Crippen LogP contribution is -2.45. The van der Waals surface area contributed by atoms with Gasteiger partial charge in [0.05, 0.1) is 5.92 Å². The van der Waals surface area contributed by atoms with E-state index in [0.717, 1.165) is 18.3 Å². The number of rotatable bonds is 6. The molecule has 3 N–H and O–H groups in total. The molecule has 2 aliphatic carbocycles. The molecule has 1 saturated heterocycles. The van der Waals surface area contributed by atoms with E-state index in [2.05, 4.69) is 17.2 Å². The first-order valence-electron chi connectivity index (χ1n) is 13.2. The second-order valence-corrected chi connectivity index (χ2v) is 11.1. The fraction of sp³-hybridized carbons (Fsp3) is 0.630. The third-order valence-electron chi connectivity index (χ3n) is 8.69. The van der Waals surface area contributed by atoms with Gasteiger partial charge in [-0.25, -0.2) is 4.98 Å². The summed E-state index contributed by atoms with van der Waals surface area (Å²) in [6.07, 6.45) is 11.8. The molecule has 2 aromatic rings. The van der Waals surface area contributed by atoms with Crippen LogP contribution in [0.4, 0.5) is 0 Å². The molecule has 2 aromatic heterocycles. The molecule has 3 fully saturated rings. The van der Waals surface area contributed by atoms with Gasteiger partial charge < -0.3 is 16.0 Å². The van der Waals surface area contributed by atoms with Crippen molar-refractivity contribution < 1.29 is 14.4 Å². The number of nitrogens with two attached hydrogens (primary N) is 1. The van der Waals surface area contributed by atoms with Gasteiger partial charge in [0, 0.05) is 25.8 Å². The predicted octanol–water partition coefficient (Wildman–Crippen LogP) is 3.40. The number of hydrogen-bond acceptors (Lipinski definition) is 4. The zero-order valence-corrected chi connectivity index (χ0v) is 20.7. The highest BCUT2D eigenvalue weighted by Gasteiger charge is 2.42. The average molecular weight is 480 g/mol. The number of likely N-dealkylation sites (tertiary alicyclic amines) is 1. The SMILES string of the molecule is CCC1CC2CCCC(CNC(=O)c3cccc4nc(C(=O)N5CCCC(C(N)=O)C5)cn34)(C1)C2. The van der Waals surface area contributed by atoms with E-state index in [4.69, 9.17) is 5.73 Å². The molecule has 1 aliphatic heterocycles. The van der Waals surface area contributed by atoms with Gasteiger partial charge in [-0.3, -0.25) is 18.8 Å². The Kier molecular flexibility index (Phi) is 6.55. The van der Waals surface area contributed by atoms with Crippen molar-refractivity contribution >= 4 is 23.4 Å². The van der Waals surface area contributed by atoms with Crippen LogP contribution in [0.1, 0.15) is 85.7 Å². The number of aromatic nitrogens is 2. The molecule has 3 aliphatic rings. The van der Waals surface area contributed by atoms with Crippen molar-refractivity contribution in [3.05, 3.63) is 35.8 Å². The summed E-state index contributed by atoms with van der Waals surface area (Å²) in [5.74, 6) is 0.509. The van der Waals surface area contributed by atoms with Crippen LogP contribution in [-0.2, 0) is 4.79 Å². The fourth-order valence-corrected chi connectivity index (χ4v) is 6.89. The number of hydrogen-bond donors (Lipinski definition) is 2. The van der Waals surface area contributed by atoms with Crippen molar-refractivity contribution in [2.45, 2.75) is 64.7 Å². The monoisotopic (exact) mass is 479 g/mol. The maximum Gasteiger partial charge on any atom is 0.274 e. The number of nitrogens with one attached hydrogen (secondary N) is 1. The summed E-state index contributed by atoms with van der Waals surface area (Å²) in [7, 11) is 0. The van der Waals surface area contributed by atoms with E-state index in [1.165, 1.54) is 44.9 Å². The van der Waals surface area contributed by atoms with Crippen LogP contribution in [0.2, 0.25) is 0 Å². The van der Waals surface area contributed by atoms with E-state index >= 15 is 0 Å². The van der Waals surface area contributed by atoms with Crippen LogP contribution in [0.5, 0.6) is 0 Å². The Labute approximate surface area is 206 Å². The van der Waals surface area contributed by atoms with Crippen LogP contribution in [0, 0.1) is 23.2 Å². The number of imidazole rings is 1. The number of fused-ring (bicyclic) bond motifs is 3. The fourth-order valence-electron chi connectivity index (χ4n) is 6.89. The Hall–Kier alpha value is -2.90. The molecule has 2 bridgehead atoms. The molecule has 8 heteroatoms. The molecule has 4 atom stereocenters. The second kappa shape index (κ2) is 9.63. The lowest BCUT2D eigenvalue weighted by molar-refractivity contribution is -0.123. The molecule has 5 rings (SSSR count). The number of pyridine rings is 1. The average Bonchev–Trinajstić information content (AvgIpc) is 3.31. The Balaban J connectivity index is 1.31. The van der Waals surface area contributed by atoms with Crippen LogP contribution in [-0.4, -0.2) is 51.6 Å². The van der Waals surface area contributed by atoms with Gasteiger partial charge in [0.25, 0.3) is 11.8 Å². The Bertz CT molecular complexity index is 1130. The van der Waals surface area contributed by atoms with Crippen molar-refractivity contribution in [1.82, 2.24) is 19.6 Å². The molecule has 3 heterocycles. The number of piperidine rings is 1. The summed E-state index contributed by atoms with van der Waals surface area (Å²) in [6, 6.07) is 5.38. The number of carbonyl (C=O) groups is 3. The number of primary amides is 1. The maximum atomic E-state index is 13.3. The molecule has 35 heavy (non-hydrogen) atoms. The van der Waals surface area contributed by atoms with E-state index in [9.17, 15) is 14.4 Å². The van der Waals surface area contributed by atoms with Crippen molar-refractivity contribution in [1.29, 1.82) is 0 Å². The van der Waals surface area contributed by atoms with E-state index in [0.29, 0.717) is 37.4 Å². The summed E-state index contributed by atoms with van der Waals surface area (Å²) in [5.41, 5.74) is 7.00. The van der Waals surface area contributed by atoms with Gasteiger partial charge in [-0.1, -0.05) is 32.3 Å². The Morgan fingerprint density at radius 2 is 2.06 bits per heavy atom. The van der Waals surface area contributed by atoms with Gasteiger partial charge in [-0.2, -0.15) is 0 Å². The molecule has 2 saturated carbocycles. The first-order chi connectivity index (χ1) is 16.9. The third-order valence-corrected chi connectivity index (χ3v) is 8.69. The third kappa shape index (κ3) is 4.80. The number of carbonyl (C=O) groups excluding carboxylic acids is 3. The standard InChI is InChI=1S/C27H37N5O3/c1-2-18-12-19-6-4-10-27(13-18,14-19)17-29-25(34)22-8-3-9-23-30-21(16-32(22)23)26(35)31-11-5-7-20(15-31)24(28)33/h3,8-9,16,18-20H,2,4-7,10-15,17H2,1H3,(H2,28,33)(H,29,34). The van der Waals surface area contributed by atoms with Crippen molar-refractivity contribution in [3.63, 3.8) is 0 Å². The molecule has 0 radical (unpaired) electrons.